The van der Waals surface area contributed by atoms with Crippen molar-refractivity contribution in [1.29, 1.82) is 0 Å². The van der Waals surface area contributed by atoms with E-state index >= 15 is 0 Å². The number of hydrogen-bond donors (Lipinski definition) is 0. The van der Waals surface area contributed by atoms with E-state index in [9.17, 15) is 4.79 Å². The van der Waals surface area contributed by atoms with Gasteiger partial charge in [0.05, 0.1) is 17.1 Å². The van der Waals surface area contributed by atoms with E-state index in [2.05, 4.69) is 24.0 Å². The molecule has 0 spiro atoms. The number of hydrogen-bond acceptors (Lipinski definition) is 2. The number of para-hydroxylation sites is 1. The molecule has 120 valence electrons. The first kappa shape index (κ1) is 15.9. The molecule has 4 heteroatoms. The van der Waals surface area contributed by atoms with Crippen LogP contribution in [0.1, 0.15) is 11.1 Å². The number of piperazine rings is 1. The summed E-state index contributed by atoms with van der Waals surface area (Å²) in [7, 11) is 0. The van der Waals surface area contributed by atoms with Crippen molar-refractivity contribution >= 4 is 23.2 Å². The Balaban J connectivity index is 1.58. The highest BCUT2D eigenvalue weighted by atomic mass is 35.5. The van der Waals surface area contributed by atoms with E-state index in [0.717, 1.165) is 42.5 Å². The summed E-state index contributed by atoms with van der Waals surface area (Å²) in [5, 5.41) is 0.770. The monoisotopic (exact) mass is 328 g/mol. The van der Waals surface area contributed by atoms with Crippen LogP contribution in [0.15, 0.2) is 48.5 Å². The number of anilines is 1. The number of rotatable bonds is 3. The molecular weight excluding hydrogens is 308 g/mol. The van der Waals surface area contributed by atoms with Crippen molar-refractivity contribution in [2.45, 2.75) is 13.3 Å². The summed E-state index contributed by atoms with van der Waals surface area (Å²) in [6.45, 7) is 5.19. The number of halogens is 1. The number of amides is 1. The smallest absolute Gasteiger partial charge is 0.227 e. The molecule has 0 aliphatic carbocycles. The normalized spacial score (nSPS) is 14.9. The van der Waals surface area contributed by atoms with E-state index in [-0.39, 0.29) is 5.91 Å². The molecule has 1 saturated heterocycles. The summed E-state index contributed by atoms with van der Waals surface area (Å²) < 4.78 is 0. The number of benzene rings is 2. The second-order valence-electron chi connectivity index (χ2n) is 5.99. The molecule has 1 fully saturated rings. The van der Waals surface area contributed by atoms with Gasteiger partial charge in [-0.15, -0.1) is 0 Å². The molecule has 0 atom stereocenters. The molecule has 1 heterocycles. The first-order valence-electron chi connectivity index (χ1n) is 7.96. The van der Waals surface area contributed by atoms with E-state index < -0.39 is 0 Å². The third kappa shape index (κ3) is 3.85. The van der Waals surface area contributed by atoms with Gasteiger partial charge < -0.3 is 9.80 Å². The molecule has 2 aromatic rings. The summed E-state index contributed by atoms with van der Waals surface area (Å²) in [6.07, 6.45) is 0.480. The van der Waals surface area contributed by atoms with Crippen LogP contribution in [0.3, 0.4) is 0 Å². The summed E-state index contributed by atoms with van der Waals surface area (Å²) in [6, 6.07) is 16.0. The van der Waals surface area contributed by atoms with Gasteiger partial charge in [0.2, 0.25) is 5.91 Å². The van der Waals surface area contributed by atoms with Crippen molar-refractivity contribution in [1.82, 2.24) is 4.90 Å². The Labute approximate surface area is 142 Å². The van der Waals surface area contributed by atoms with Gasteiger partial charge in [0, 0.05) is 26.2 Å². The highest BCUT2D eigenvalue weighted by molar-refractivity contribution is 6.33. The van der Waals surface area contributed by atoms with Crippen molar-refractivity contribution in [3.05, 3.63) is 64.7 Å². The summed E-state index contributed by atoms with van der Waals surface area (Å²) in [5.74, 6) is 0.203. The fraction of sp³-hybridized carbons (Fsp3) is 0.316. The van der Waals surface area contributed by atoms with Gasteiger partial charge in [-0.05, 0) is 24.6 Å². The van der Waals surface area contributed by atoms with E-state index in [0.29, 0.717) is 6.42 Å². The molecule has 1 amide bonds. The van der Waals surface area contributed by atoms with Crippen molar-refractivity contribution < 1.29 is 4.79 Å². The molecule has 0 bridgehead atoms. The Morgan fingerprint density at radius 3 is 2.48 bits per heavy atom. The minimum Gasteiger partial charge on any atom is -0.367 e. The maximum Gasteiger partial charge on any atom is 0.227 e. The summed E-state index contributed by atoms with van der Waals surface area (Å²) >= 11 is 6.26. The van der Waals surface area contributed by atoms with Crippen LogP contribution < -0.4 is 4.90 Å². The second kappa shape index (κ2) is 7.05. The molecule has 0 radical (unpaired) electrons. The van der Waals surface area contributed by atoms with Gasteiger partial charge in [-0.1, -0.05) is 53.6 Å². The fourth-order valence-electron chi connectivity index (χ4n) is 3.01. The van der Waals surface area contributed by atoms with Crippen LogP contribution in [0.5, 0.6) is 0 Å². The van der Waals surface area contributed by atoms with Gasteiger partial charge in [-0.3, -0.25) is 4.79 Å². The van der Waals surface area contributed by atoms with Crippen LogP contribution in [0.25, 0.3) is 0 Å². The second-order valence-corrected chi connectivity index (χ2v) is 6.39. The highest BCUT2D eigenvalue weighted by Gasteiger charge is 2.22. The zero-order valence-corrected chi connectivity index (χ0v) is 14.1. The van der Waals surface area contributed by atoms with Gasteiger partial charge in [0.15, 0.2) is 0 Å². The molecule has 0 N–H and O–H groups in total. The lowest BCUT2D eigenvalue weighted by Crippen LogP contribution is -2.49. The molecule has 1 aliphatic heterocycles. The minimum atomic E-state index is 0.203. The van der Waals surface area contributed by atoms with Crippen molar-refractivity contribution in [3.63, 3.8) is 0 Å². The average Bonchev–Trinajstić information content (AvgIpc) is 2.55. The molecule has 23 heavy (non-hydrogen) atoms. The van der Waals surface area contributed by atoms with Crippen LogP contribution in [0.2, 0.25) is 5.02 Å². The molecule has 0 aromatic heterocycles. The number of aryl methyl sites for hydroxylation is 1. The minimum absolute atomic E-state index is 0.203. The summed E-state index contributed by atoms with van der Waals surface area (Å²) in [4.78, 5) is 16.7. The number of nitrogens with zero attached hydrogens (tertiary/aromatic N) is 2. The lowest BCUT2D eigenvalue weighted by atomic mass is 10.1. The quantitative estimate of drug-likeness (QED) is 0.860. The molecule has 3 nitrogen and oxygen atoms in total. The number of carbonyl (C=O) groups excluding carboxylic acids is 1. The van der Waals surface area contributed by atoms with Crippen molar-refractivity contribution in [2.24, 2.45) is 0 Å². The lowest BCUT2D eigenvalue weighted by Gasteiger charge is -2.36. The van der Waals surface area contributed by atoms with Crippen LogP contribution in [0.4, 0.5) is 5.69 Å². The lowest BCUT2D eigenvalue weighted by molar-refractivity contribution is -0.130. The Hall–Kier alpha value is -2.00. The fourth-order valence-corrected chi connectivity index (χ4v) is 3.27. The SMILES string of the molecule is Cc1cccc(CC(=O)N2CCN(c3ccccc3Cl)CC2)c1. The zero-order chi connectivity index (χ0) is 16.2. The summed E-state index contributed by atoms with van der Waals surface area (Å²) in [5.41, 5.74) is 3.34. The topological polar surface area (TPSA) is 23.6 Å². The molecule has 1 aliphatic rings. The first-order chi connectivity index (χ1) is 11.1. The van der Waals surface area contributed by atoms with Crippen LogP contribution in [-0.4, -0.2) is 37.0 Å². The Morgan fingerprint density at radius 1 is 1.04 bits per heavy atom. The largest absolute Gasteiger partial charge is 0.367 e. The van der Waals surface area contributed by atoms with E-state index in [1.165, 1.54) is 5.56 Å². The first-order valence-corrected chi connectivity index (χ1v) is 8.34. The van der Waals surface area contributed by atoms with Crippen LogP contribution in [0, 0.1) is 6.92 Å². The van der Waals surface area contributed by atoms with Gasteiger partial charge in [-0.25, -0.2) is 0 Å². The van der Waals surface area contributed by atoms with Gasteiger partial charge >= 0.3 is 0 Å². The van der Waals surface area contributed by atoms with Crippen LogP contribution >= 0.6 is 11.6 Å². The molecule has 0 saturated carbocycles. The predicted molar refractivity (Wildman–Crippen MR) is 95.1 cm³/mol. The molecule has 0 unspecified atom stereocenters. The molecule has 3 rings (SSSR count). The highest BCUT2D eigenvalue weighted by Crippen LogP contribution is 2.26. The third-order valence-corrected chi connectivity index (χ3v) is 4.58. The van der Waals surface area contributed by atoms with E-state index in [4.69, 9.17) is 11.6 Å². The Kier molecular flexibility index (Phi) is 4.87. The molecule has 2 aromatic carbocycles. The van der Waals surface area contributed by atoms with Gasteiger partial charge in [0.1, 0.15) is 0 Å². The predicted octanol–water partition coefficient (Wildman–Crippen LogP) is 3.54. The molecular formula is C19H21ClN2O. The van der Waals surface area contributed by atoms with E-state index in [1.807, 2.05) is 41.3 Å². The Morgan fingerprint density at radius 2 is 1.78 bits per heavy atom. The average molecular weight is 329 g/mol. The van der Waals surface area contributed by atoms with Crippen LogP contribution in [-0.2, 0) is 11.2 Å². The van der Waals surface area contributed by atoms with Crippen molar-refractivity contribution in [2.75, 3.05) is 31.1 Å². The maximum absolute atomic E-state index is 12.5. The maximum atomic E-state index is 12.5. The van der Waals surface area contributed by atoms with Gasteiger partial charge in [0.25, 0.3) is 0 Å². The number of carbonyl (C=O) groups is 1. The third-order valence-electron chi connectivity index (χ3n) is 4.26. The van der Waals surface area contributed by atoms with Gasteiger partial charge in [-0.2, -0.15) is 0 Å². The Bertz CT molecular complexity index is 693. The van der Waals surface area contributed by atoms with E-state index in [1.54, 1.807) is 0 Å². The zero-order valence-electron chi connectivity index (χ0n) is 13.3. The van der Waals surface area contributed by atoms with Crippen molar-refractivity contribution in [3.8, 4) is 0 Å². The standard InChI is InChI=1S/C19H21ClN2O/c1-15-5-4-6-16(13-15)14-19(23)22-11-9-21(10-12-22)18-8-3-2-7-17(18)20/h2-8,13H,9-12,14H2,1H3.